The molecule has 0 radical (unpaired) electrons. The zero-order chi connectivity index (χ0) is 48.4. The number of nitrogens with zero attached hydrogens (tertiary/aromatic N) is 5. The van der Waals surface area contributed by atoms with Crippen molar-refractivity contribution >= 4 is 70.9 Å². The fourth-order valence-corrected chi connectivity index (χ4v) is 12.3. The molecule has 6 nitrogen and oxygen atoms in total. The predicted octanol–water partition coefficient (Wildman–Crippen LogP) is 16.9. The third kappa shape index (κ3) is 6.45. The molecule has 0 amide bonds. The van der Waals surface area contributed by atoms with Crippen LogP contribution in [-0.2, 0) is 24.8 Å². The Morgan fingerprint density at radius 1 is 0.458 bits per heavy atom. The fraction of sp³-hybridized carbons (Fsp3) is 0.0769. The fourth-order valence-electron chi connectivity index (χ4n) is 11.2. The SMILES string of the molecule is Cc1ccc(-n2[c](=[Pt])n(-c3c(-c4ccccc4)cc(C(C)(C)C)cc3-c3ccccc3)c3ccccc32)cc1Oc1ccc2c3cc4c5cccc6c7ccccc7n(c4cc3n(-c3ccccn3)c2c1)c65. The van der Waals surface area contributed by atoms with E-state index in [0.717, 1.165) is 65.5 Å². The third-order valence-corrected chi connectivity index (χ3v) is 15.7. The smallest absolute Gasteiger partial charge is 0.0620 e. The second-order valence-electron chi connectivity index (χ2n) is 20.0. The first kappa shape index (κ1) is 42.6. The van der Waals surface area contributed by atoms with Gasteiger partial charge in [0.05, 0.1) is 16.6 Å². The van der Waals surface area contributed by atoms with Gasteiger partial charge < -0.3 is 4.40 Å². The topological polar surface area (TPSA) is 41.3 Å². The van der Waals surface area contributed by atoms with Crippen LogP contribution < -0.4 is 4.74 Å². The van der Waals surface area contributed by atoms with Gasteiger partial charge in [0.15, 0.2) is 0 Å². The van der Waals surface area contributed by atoms with Crippen LogP contribution in [0.1, 0.15) is 31.9 Å². The quantitative estimate of drug-likeness (QED) is 0.160. The molecule has 0 bridgehead atoms. The number of pyridine rings is 1. The minimum atomic E-state index is -0.0752. The van der Waals surface area contributed by atoms with Crippen LogP contribution >= 0.6 is 0 Å². The summed E-state index contributed by atoms with van der Waals surface area (Å²) in [7, 11) is 0. The van der Waals surface area contributed by atoms with E-state index in [4.69, 9.17) is 9.72 Å². The van der Waals surface area contributed by atoms with Gasteiger partial charge in [-0.15, -0.1) is 0 Å². The maximum absolute atomic E-state index is 7.05. The maximum Gasteiger partial charge on any atom is 0.0620 e. The monoisotopic (exact) mass is 1110 g/mol. The molecular weight excluding hydrogens is 1060 g/mol. The van der Waals surface area contributed by atoms with Crippen LogP contribution in [0.4, 0.5) is 0 Å². The van der Waals surface area contributed by atoms with Crippen LogP contribution in [0, 0.1) is 10.7 Å². The van der Waals surface area contributed by atoms with Crippen LogP contribution in [0.15, 0.2) is 212 Å². The van der Waals surface area contributed by atoms with E-state index in [1.807, 2.05) is 12.3 Å². The summed E-state index contributed by atoms with van der Waals surface area (Å²) in [6.07, 6.45) is 1.87. The van der Waals surface area contributed by atoms with Gasteiger partial charge in [-0.25, -0.2) is 0 Å². The Morgan fingerprint density at radius 2 is 1.06 bits per heavy atom. The molecule has 0 aliphatic rings. The van der Waals surface area contributed by atoms with Gasteiger partial charge in [0.1, 0.15) is 0 Å². The molecule has 0 aliphatic carbocycles. The molecule has 7 heteroatoms. The van der Waals surface area contributed by atoms with Crippen molar-refractivity contribution in [2.45, 2.75) is 33.1 Å². The predicted molar refractivity (Wildman–Crippen MR) is 293 cm³/mol. The zero-order valence-corrected chi connectivity index (χ0v) is 42.4. The number of aromatic nitrogens is 5. The Balaban J connectivity index is 0.940. The van der Waals surface area contributed by atoms with Crippen molar-refractivity contribution < 1.29 is 24.1 Å². The summed E-state index contributed by atoms with van der Waals surface area (Å²) in [5.41, 5.74) is 17.1. The minimum Gasteiger partial charge on any atom is 0.0620 e. The standard InChI is InChI=1S/C65H47N5O.Pt/c1-41-29-30-45(67-40-68(57-27-14-13-26-56(57)67)63-51(42-18-7-5-8-19-42)34-44(65(2,3)4)35-52(63)43-20-9-6-10-21-43)36-61(41)71-46-31-32-48-53-38-54-50-24-17-23-49-47-22-11-12-25-55(47)70(64(49)50)60(54)39-59(53)69(58(48)37-46)62-28-15-16-33-66-62;/h5-39H,1-4H3;. The molecule has 0 spiro atoms. The first-order valence-corrected chi connectivity index (χ1v) is 25.7. The molecule has 72 heavy (non-hydrogen) atoms. The number of hydrogen-bond donors (Lipinski definition) is 0. The van der Waals surface area contributed by atoms with E-state index in [-0.39, 0.29) is 5.41 Å². The number of aryl methyl sites for hydroxylation is 1. The molecular formula is C65H47N5OPt. The molecule has 5 aromatic heterocycles. The van der Waals surface area contributed by atoms with E-state index in [2.05, 4.69) is 265 Å². The van der Waals surface area contributed by atoms with Crippen LogP contribution in [-0.4, -0.2) is 23.1 Å². The maximum atomic E-state index is 7.05. The Labute approximate surface area is 427 Å². The van der Waals surface area contributed by atoms with E-state index in [0.29, 0.717) is 0 Å². The molecule has 0 atom stereocenters. The van der Waals surface area contributed by atoms with E-state index < -0.39 is 0 Å². The summed E-state index contributed by atoms with van der Waals surface area (Å²) in [4.78, 5) is 4.93. The zero-order valence-electron chi connectivity index (χ0n) is 40.2. The average Bonchev–Trinajstić information content (AvgIpc) is 4.12. The van der Waals surface area contributed by atoms with Crippen molar-refractivity contribution in [2.75, 3.05) is 0 Å². The molecule has 0 unspecified atom stereocenters. The Kier molecular flexibility index (Phi) is 9.52. The Bertz CT molecular complexity index is 4480. The van der Waals surface area contributed by atoms with E-state index in [9.17, 15) is 0 Å². The number of para-hydroxylation sites is 4. The van der Waals surface area contributed by atoms with E-state index in [1.54, 1.807) is 0 Å². The number of benzene rings is 9. The van der Waals surface area contributed by atoms with Gasteiger partial charge in [-0.05, 0) is 12.1 Å². The summed E-state index contributed by atoms with van der Waals surface area (Å²) in [5.74, 6) is 2.39. The first-order chi connectivity index (χ1) is 35.2. The summed E-state index contributed by atoms with van der Waals surface area (Å²) < 4.78 is 17.7. The largest absolute Gasteiger partial charge is 0.0620 e. The normalized spacial score (nSPS) is 12.2. The Hall–Kier alpha value is -8.31. The van der Waals surface area contributed by atoms with Crippen molar-refractivity contribution in [3.63, 3.8) is 0 Å². The van der Waals surface area contributed by atoms with Gasteiger partial charge >= 0.3 is 326 Å². The van der Waals surface area contributed by atoms with Gasteiger partial charge in [-0.3, -0.25) is 0 Å². The number of rotatable bonds is 7. The molecule has 5 heterocycles. The van der Waals surface area contributed by atoms with Crippen molar-refractivity contribution in [2.24, 2.45) is 0 Å². The van der Waals surface area contributed by atoms with Crippen molar-refractivity contribution in [3.05, 3.63) is 227 Å². The molecule has 9 aromatic carbocycles. The van der Waals surface area contributed by atoms with Gasteiger partial charge in [0.25, 0.3) is 0 Å². The van der Waals surface area contributed by atoms with Gasteiger partial charge in [-0.1, -0.05) is 42.5 Å². The molecule has 0 fully saturated rings. The summed E-state index contributed by atoms with van der Waals surface area (Å²) in [6.45, 7) is 9.02. The first-order valence-electron chi connectivity index (χ1n) is 24.5. The van der Waals surface area contributed by atoms with Crippen LogP contribution in [0.25, 0.3) is 110 Å². The number of ether oxygens (including phenoxy) is 1. The number of fused-ring (bicyclic) bond motifs is 10. The van der Waals surface area contributed by atoms with Crippen LogP contribution in [0.2, 0.25) is 0 Å². The van der Waals surface area contributed by atoms with Crippen LogP contribution in [0.5, 0.6) is 11.5 Å². The number of hydrogen-bond acceptors (Lipinski definition) is 2. The van der Waals surface area contributed by atoms with Crippen LogP contribution in [0.3, 0.4) is 0 Å². The van der Waals surface area contributed by atoms with Gasteiger partial charge in [0.2, 0.25) is 0 Å². The molecule has 14 aromatic rings. The molecule has 0 saturated heterocycles. The third-order valence-electron chi connectivity index (χ3n) is 14.7. The molecule has 348 valence electrons. The minimum absolute atomic E-state index is 0.0752. The second kappa shape index (κ2) is 16.1. The van der Waals surface area contributed by atoms with E-state index >= 15 is 0 Å². The summed E-state index contributed by atoms with van der Waals surface area (Å²) in [6, 6.07) is 74.6. The average molecular weight is 1110 g/mol. The van der Waals surface area contributed by atoms with Crippen molar-refractivity contribution in [1.82, 2.24) is 23.1 Å². The summed E-state index contributed by atoms with van der Waals surface area (Å²) >= 11 is 2.54. The van der Waals surface area contributed by atoms with Gasteiger partial charge in [0, 0.05) is 27.7 Å². The molecule has 0 N–H and O–H groups in total. The molecule has 0 saturated carbocycles. The van der Waals surface area contributed by atoms with E-state index in [1.165, 1.54) is 71.3 Å². The van der Waals surface area contributed by atoms with Gasteiger partial charge in [-0.2, -0.15) is 0 Å². The van der Waals surface area contributed by atoms with Crippen molar-refractivity contribution in [3.8, 4) is 50.9 Å². The summed E-state index contributed by atoms with van der Waals surface area (Å²) in [5, 5.41) is 7.37. The Morgan fingerprint density at radius 3 is 1.75 bits per heavy atom. The molecule has 14 rings (SSSR count). The van der Waals surface area contributed by atoms with Crippen molar-refractivity contribution in [1.29, 1.82) is 0 Å². The number of imidazole rings is 1. The molecule has 0 aliphatic heterocycles. The second-order valence-corrected chi connectivity index (χ2v) is 21.0.